The number of esters is 1. The number of phosphoric ester groups is 4. The molecule has 0 bridgehead atoms. The molecule has 0 saturated heterocycles. The molecule has 628 valence electrons. The number of benzene rings is 6. The van der Waals surface area contributed by atoms with Gasteiger partial charge >= 0.3 is 37.3 Å². The number of likely N-dealkylation sites (N-methyl/N-ethyl adjacent to an activating group) is 6. The molecule has 30 nitrogen and oxygen atoms in total. The quantitative estimate of drug-likeness (QED) is 0.0103. The maximum absolute atomic E-state index is 11.1. The van der Waals surface area contributed by atoms with Crippen LogP contribution >= 0.6 is 31.3 Å². The zero-order chi connectivity index (χ0) is 84.4. The van der Waals surface area contributed by atoms with Crippen LogP contribution in [-0.4, -0.2) is 225 Å². The summed E-state index contributed by atoms with van der Waals surface area (Å²) in [4.78, 5) is 115. The summed E-state index contributed by atoms with van der Waals surface area (Å²) in [5.41, 5.74) is 13.7. The molecule has 0 amide bonds. The average Bonchev–Trinajstić information content (AvgIpc) is 1.71. The molecule has 34 heteroatoms. The van der Waals surface area contributed by atoms with Crippen LogP contribution in [0.15, 0.2) is 146 Å². The number of aryl methyl sites for hydroxylation is 1. The lowest BCUT2D eigenvalue weighted by molar-refractivity contribution is -0.131. The van der Waals surface area contributed by atoms with Crippen molar-refractivity contribution in [1.82, 2.24) is 59.3 Å². The van der Waals surface area contributed by atoms with E-state index in [-0.39, 0.29) is 29.0 Å². The molecule has 14 N–H and O–H groups in total. The van der Waals surface area contributed by atoms with Crippen LogP contribution in [0, 0.1) is 6.92 Å². The van der Waals surface area contributed by atoms with Crippen molar-refractivity contribution in [2.24, 2.45) is 0 Å². The van der Waals surface area contributed by atoms with Crippen LogP contribution in [0.5, 0.6) is 28.7 Å². The van der Waals surface area contributed by atoms with Gasteiger partial charge in [0.1, 0.15) is 17.2 Å². The van der Waals surface area contributed by atoms with E-state index in [1.807, 2.05) is 68.4 Å². The number of H-pyrrole nitrogens is 6. The van der Waals surface area contributed by atoms with Crippen molar-refractivity contribution < 1.29 is 85.0 Å². The molecule has 0 aliphatic heterocycles. The second-order valence-electron chi connectivity index (χ2n) is 28.2. The minimum absolute atomic E-state index is 0.157. The van der Waals surface area contributed by atoms with Crippen LogP contribution in [0.2, 0.25) is 0 Å². The molecule has 115 heavy (non-hydrogen) atoms. The van der Waals surface area contributed by atoms with E-state index in [0.717, 1.165) is 183 Å². The molecule has 0 radical (unpaired) electrons. The first-order valence-corrected chi connectivity index (χ1v) is 44.4. The number of para-hydroxylation sites is 2. The summed E-state index contributed by atoms with van der Waals surface area (Å²) >= 11 is 0. The molecule has 0 aliphatic carbocycles. The Labute approximate surface area is 672 Å². The van der Waals surface area contributed by atoms with E-state index >= 15 is 0 Å². The molecule has 6 aromatic heterocycles. The first kappa shape index (κ1) is 93.7. The molecule has 12 rings (SSSR count). The Morgan fingerprint density at radius 3 is 1.11 bits per heavy atom. The summed E-state index contributed by atoms with van der Waals surface area (Å²) in [5, 5.41) is 6.15. The predicted molar refractivity (Wildman–Crippen MR) is 458 cm³/mol. The molecule has 6 aromatic carbocycles. The smallest absolute Gasteiger partial charge is 0.424 e. The molecule has 12 aromatic rings. The number of carbonyl (C=O) groups is 1. The van der Waals surface area contributed by atoms with E-state index in [1.165, 1.54) is 40.1 Å². The third kappa shape index (κ3) is 30.5. The molecule has 0 saturated carbocycles. The molecule has 0 fully saturated rings. The number of aromatic amines is 6. The van der Waals surface area contributed by atoms with Gasteiger partial charge in [0, 0.05) is 144 Å². The topological polar surface area (TPSA) is 408 Å². The van der Waals surface area contributed by atoms with Crippen LogP contribution in [0.4, 0.5) is 0 Å². The largest absolute Gasteiger partial charge is 0.524 e. The van der Waals surface area contributed by atoms with E-state index in [2.05, 4.69) is 183 Å². The Hall–Kier alpha value is -8.41. The van der Waals surface area contributed by atoms with Crippen molar-refractivity contribution >= 4 is 103 Å². The van der Waals surface area contributed by atoms with Gasteiger partial charge in [0.2, 0.25) is 0 Å². The van der Waals surface area contributed by atoms with Crippen molar-refractivity contribution in [2.75, 3.05) is 121 Å². The molecular weight excluding hydrogens is 1550 g/mol. The molecule has 0 atom stereocenters. The van der Waals surface area contributed by atoms with Crippen LogP contribution in [-0.2, 0) is 61.6 Å². The zero-order valence-corrected chi connectivity index (χ0v) is 71.8. The average molecular weight is 1670 g/mol. The van der Waals surface area contributed by atoms with E-state index in [9.17, 15) is 23.1 Å². The van der Waals surface area contributed by atoms with Crippen molar-refractivity contribution in [3.8, 4) is 28.7 Å². The second-order valence-corrected chi connectivity index (χ2v) is 32.8. The summed E-state index contributed by atoms with van der Waals surface area (Å²) in [5.74, 6) is 1.02. The van der Waals surface area contributed by atoms with Crippen molar-refractivity contribution in [1.29, 1.82) is 0 Å². The Balaban J connectivity index is 0.000000191. The highest BCUT2D eigenvalue weighted by Crippen LogP contribution is 2.44. The lowest BCUT2D eigenvalue weighted by Gasteiger charge is -2.14. The summed E-state index contributed by atoms with van der Waals surface area (Å²) in [6, 6.07) is 32.7. The van der Waals surface area contributed by atoms with E-state index in [4.69, 9.17) is 52.9 Å². The van der Waals surface area contributed by atoms with Crippen LogP contribution in [0.1, 0.15) is 87.4 Å². The van der Waals surface area contributed by atoms with Crippen LogP contribution in [0.25, 0.3) is 65.4 Å². The number of nitrogens with one attached hydrogen (secondary N) is 6. The number of aromatic nitrogens is 6. The van der Waals surface area contributed by atoms with Crippen molar-refractivity contribution in [2.45, 2.75) is 93.9 Å². The maximum Gasteiger partial charge on any atom is 0.524 e. The highest BCUT2D eigenvalue weighted by atomic mass is 31.2. The van der Waals surface area contributed by atoms with E-state index in [0.29, 0.717) is 11.3 Å². The fourth-order valence-corrected chi connectivity index (χ4v) is 13.9. The molecule has 6 heterocycles. The number of phosphoric acid groups is 4. The van der Waals surface area contributed by atoms with E-state index in [1.54, 1.807) is 54.6 Å². The van der Waals surface area contributed by atoms with Gasteiger partial charge in [-0.15, -0.1) is 0 Å². The van der Waals surface area contributed by atoms with Gasteiger partial charge in [-0.3, -0.25) is 43.9 Å². The third-order valence-electron chi connectivity index (χ3n) is 19.6. The predicted octanol–water partition coefficient (Wildman–Crippen LogP) is 14.1. The maximum atomic E-state index is 11.1. The van der Waals surface area contributed by atoms with Gasteiger partial charge in [0.15, 0.2) is 11.5 Å². The Kier molecular flexibility index (Phi) is 36.1. The molecular formula is C81H116N12O18P4. The standard InChI is InChI=1S/C15H20N2O2.C14H20N2.4C13H19N2O4P/c1-4-17(3)9-8-12-10-16-15-13(12)6-5-7-14(15)19-11(2)18;1-4-16(3)8-7-12-10-15-14-9-11(2)5-6-13(12)14;1-3-15(2)7-6-10-9-14-13-5-4-11(8-12(10)13)19-20(16,17)18;1-3-15(2)7-6-10-9-14-13-8-11(4-5-12(10)13)19-20(16,17)18;1-3-15(2)8-7-10-9-14-11-5-4-6-12(13(10)11)19-20(16,17)18;1-3-15(2)8-7-10-9-14-13-11(10)5-4-6-12(13)19-20(16,17)18/h5-7,10,16H,4,8-9H2,1-3H3;5-6,9-10,15H,4,7-8H2,1-3H3;2*4-5,8-9,14H,3,6-7H2,1-2H3,(H2,16,17,18);2*4-6,9,14H,3,7-8H2,1-2H3,(H2,16,17,18). The summed E-state index contributed by atoms with van der Waals surface area (Å²) in [6.45, 7) is 28.2. The lowest BCUT2D eigenvalue weighted by Crippen LogP contribution is -2.20. The number of rotatable bonds is 33. The molecule has 0 aliphatic rings. The number of hydrogen-bond acceptors (Lipinski definition) is 16. The highest BCUT2D eigenvalue weighted by molar-refractivity contribution is 7.47. The number of fused-ring (bicyclic) bond motifs is 6. The van der Waals surface area contributed by atoms with Crippen molar-refractivity contribution in [3.05, 3.63) is 185 Å². The van der Waals surface area contributed by atoms with Gasteiger partial charge in [-0.1, -0.05) is 84.0 Å². The van der Waals surface area contributed by atoms with Gasteiger partial charge in [0.05, 0.1) is 11.0 Å². The van der Waals surface area contributed by atoms with E-state index < -0.39 is 31.3 Å². The first-order chi connectivity index (χ1) is 54.4. The van der Waals surface area contributed by atoms with Gasteiger partial charge < -0.3 is 82.1 Å². The van der Waals surface area contributed by atoms with Gasteiger partial charge in [-0.2, -0.15) is 0 Å². The Morgan fingerprint density at radius 1 is 0.339 bits per heavy atom. The molecule has 0 spiro atoms. The molecule has 0 unspecified atom stereocenters. The summed E-state index contributed by atoms with van der Waals surface area (Å²) in [6.07, 6.45) is 17.3. The zero-order valence-electron chi connectivity index (χ0n) is 68.2. The highest BCUT2D eigenvalue weighted by Gasteiger charge is 2.23. The Bertz CT molecular complexity index is 5230. The van der Waals surface area contributed by atoms with Crippen LogP contribution < -0.4 is 22.8 Å². The lowest BCUT2D eigenvalue weighted by atomic mass is 10.1. The fourth-order valence-electron chi connectivity index (χ4n) is 12.3. The number of ether oxygens (including phenoxy) is 1. The van der Waals surface area contributed by atoms with Gasteiger partial charge in [-0.05, 0) is 227 Å². The first-order valence-electron chi connectivity index (χ1n) is 38.2. The third-order valence-corrected chi connectivity index (χ3v) is 21.4. The van der Waals surface area contributed by atoms with Gasteiger partial charge in [-0.25, -0.2) is 18.3 Å². The number of hydrogen-bond donors (Lipinski definition) is 14. The number of carbonyl (C=O) groups excluding carboxylic acids is 1. The monoisotopic (exact) mass is 1670 g/mol. The summed E-state index contributed by atoms with van der Waals surface area (Å²) < 4.78 is 67.6. The summed E-state index contributed by atoms with van der Waals surface area (Å²) in [7, 11) is -5.65. The Morgan fingerprint density at radius 2 is 0.670 bits per heavy atom. The van der Waals surface area contributed by atoms with Gasteiger partial charge in [0.25, 0.3) is 0 Å². The fraction of sp³-hybridized carbons (Fsp3) is 0.395. The minimum Gasteiger partial charge on any atom is -0.424 e. The number of nitrogens with zero attached hydrogens (tertiary/aromatic N) is 6. The van der Waals surface area contributed by atoms with Crippen molar-refractivity contribution in [3.63, 3.8) is 0 Å². The SMILES string of the molecule is CCN(C)CCc1c[nH]c2c(OC(C)=O)cccc12.CCN(C)CCc1c[nH]c2c(OP(=O)(O)O)cccc12.CCN(C)CCc1c[nH]c2cc(C)ccc12.CCN(C)CCc1c[nH]c2cc(OP(=O)(O)O)ccc12.CCN(C)CCc1c[nH]c2ccc(OP(=O)(O)O)cc12.CCN(C)CCc1c[nH]c2cccc(OP(=O)(O)O)c12. The minimum atomic E-state index is -4.56. The second kappa shape index (κ2) is 44.2. The normalized spacial score (nSPS) is 12.0. The van der Waals surface area contributed by atoms with Crippen LogP contribution in [0.3, 0.4) is 0 Å².